The molecule has 0 fully saturated rings. The first-order valence-electron chi connectivity index (χ1n) is 5.07. The summed E-state index contributed by atoms with van der Waals surface area (Å²) in [6.07, 6.45) is -4.39. The van der Waals surface area contributed by atoms with Crippen LogP contribution in [0.25, 0.3) is 0 Å². The van der Waals surface area contributed by atoms with E-state index in [-0.39, 0.29) is 17.5 Å². The molecule has 6 heteroatoms. The second-order valence-corrected chi connectivity index (χ2v) is 3.51. The van der Waals surface area contributed by atoms with E-state index in [4.69, 9.17) is 5.26 Å². The van der Waals surface area contributed by atoms with Gasteiger partial charge in [-0.1, -0.05) is 6.92 Å². The summed E-state index contributed by atoms with van der Waals surface area (Å²) in [6.45, 7) is 1.62. The number of carbonyl (C=O) groups excluding carboxylic acids is 1. The predicted octanol–water partition coefficient (Wildman–Crippen LogP) is 2.93. The van der Waals surface area contributed by atoms with E-state index in [0.717, 1.165) is 19.2 Å². The molecule has 0 aromatic heterocycles. The molecular weight excluding hydrogens is 247 g/mol. The number of ether oxygens (including phenoxy) is 1. The van der Waals surface area contributed by atoms with Crippen LogP contribution in [0.15, 0.2) is 12.1 Å². The highest BCUT2D eigenvalue weighted by molar-refractivity contribution is 5.91. The normalized spacial score (nSPS) is 10.9. The standard InChI is InChI=1S/C12H10F3NO2/c1-3-7-5-10(12(13,14)15)8(6-16)4-9(7)11(17)18-2/h4-5H,3H2,1-2H3. The largest absolute Gasteiger partial charge is 0.465 e. The molecule has 0 spiro atoms. The van der Waals surface area contributed by atoms with Crippen LogP contribution in [-0.2, 0) is 17.3 Å². The van der Waals surface area contributed by atoms with E-state index in [1.54, 1.807) is 6.92 Å². The smallest absolute Gasteiger partial charge is 0.417 e. The first-order chi connectivity index (χ1) is 8.35. The topological polar surface area (TPSA) is 50.1 Å². The first-order valence-corrected chi connectivity index (χ1v) is 5.07. The molecule has 0 aliphatic rings. The molecule has 0 atom stereocenters. The lowest BCUT2D eigenvalue weighted by Crippen LogP contribution is -2.13. The van der Waals surface area contributed by atoms with Crippen LogP contribution >= 0.6 is 0 Å². The van der Waals surface area contributed by atoms with E-state index in [0.29, 0.717) is 0 Å². The number of halogens is 3. The fourth-order valence-electron chi connectivity index (χ4n) is 1.56. The van der Waals surface area contributed by atoms with Crippen molar-refractivity contribution in [1.29, 1.82) is 5.26 Å². The maximum absolute atomic E-state index is 12.7. The zero-order valence-electron chi connectivity index (χ0n) is 9.76. The Kier molecular flexibility index (Phi) is 3.96. The number of esters is 1. The van der Waals surface area contributed by atoms with Crippen molar-refractivity contribution in [3.63, 3.8) is 0 Å². The maximum Gasteiger partial charge on any atom is 0.417 e. The lowest BCUT2D eigenvalue weighted by Gasteiger charge is -2.13. The van der Waals surface area contributed by atoms with Crippen molar-refractivity contribution in [2.24, 2.45) is 0 Å². The molecule has 0 radical (unpaired) electrons. The average molecular weight is 257 g/mol. The number of nitriles is 1. The van der Waals surface area contributed by atoms with Gasteiger partial charge in [0.15, 0.2) is 0 Å². The summed E-state index contributed by atoms with van der Waals surface area (Å²) in [7, 11) is 1.13. The molecule has 0 bridgehead atoms. The third kappa shape index (κ3) is 2.62. The van der Waals surface area contributed by atoms with Crippen molar-refractivity contribution in [3.8, 4) is 6.07 Å². The number of hydrogen-bond acceptors (Lipinski definition) is 3. The van der Waals surface area contributed by atoms with Crippen LogP contribution in [0.4, 0.5) is 13.2 Å². The van der Waals surface area contributed by atoms with E-state index in [1.165, 1.54) is 6.07 Å². The van der Waals surface area contributed by atoms with Gasteiger partial charge in [0.25, 0.3) is 0 Å². The van der Waals surface area contributed by atoms with Gasteiger partial charge in [-0.25, -0.2) is 4.79 Å². The van der Waals surface area contributed by atoms with Gasteiger partial charge in [0.05, 0.1) is 29.9 Å². The second kappa shape index (κ2) is 5.08. The monoisotopic (exact) mass is 257 g/mol. The van der Waals surface area contributed by atoms with Gasteiger partial charge in [-0.15, -0.1) is 0 Å². The minimum atomic E-state index is -4.62. The van der Waals surface area contributed by atoms with Crippen LogP contribution in [-0.4, -0.2) is 13.1 Å². The van der Waals surface area contributed by atoms with Gasteiger partial charge in [0.2, 0.25) is 0 Å². The predicted molar refractivity (Wildman–Crippen MR) is 56.9 cm³/mol. The Morgan fingerprint density at radius 3 is 2.44 bits per heavy atom. The van der Waals surface area contributed by atoms with Crippen molar-refractivity contribution < 1.29 is 22.7 Å². The van der Waals surface area contributed by atoms with Crippen LogP contribution in [0.3, 0.4) is 0 Å². The lowest BCUT2D eigenvalue weighted by molar-refractivity contribution is -0.137. The number of methoxy groups -OCH3 is 1. The van der Waals surface area contributed by atoms with Crippen molar-refractivity contribution in [3.05, 3.63) is 34.4 Å². The molecule has 3 nitrogen and oxygen atoms in total. The highest BCUT2D eigenvalue weighted by atomic mass is 19.4. The van der Waals surface area contributed by atoms with Crippen molar-refractivity contribution in [2.45, 2.75) is 19.5 Å². The number of benzene rings is 1. The van der Waals surface area contributed by atoms with Gasteiger partial charge >= 0.3 is 12.1 Å². The SMILES string of the molecule is CCc1cc(C(F)(F)F)c(C#N)cc1C(=O)OC. The molecule has 0 aliphatic heterocycles. The van der Waals surface area contributed by atoms with Gasteiger partial charge in [0, 0.05) is 0 Å². The van der Waals surface area contributed by atoms with Crippen molar-refractivity contribution >= 4 is 5.97 Å². The number of rotatable bonds is 2. The van der Waals surface area contributed by atoms with Crippen molar-refractivity contribution in [1.82, 2.24) is 0 Å². The molecule has 0 saturated heterocycles. The van der Waals surface area contributed by atoms with Crippen molar-refractivity contribution in [2.75, 3.05) is 7.11 Å². The van der Waals surface area contributed by atoms with Gasteiger partial charge in [-0.2, -0.15) is 18.4 Å². The molecule has 0 heterocycles. The fourth-order valence-corrected chi connectivity index (χ4v) is 1.56. The third-order valence-corrected chi connectivity index (χ3v) is 2.46. The van der Waals surface area contributed by atoms with Crippen LogP contribution in [0, 0.1) is 11.3 Å². The Morgan fingerprint density at radius 1 is 1.44 bits per heavy atom. The number of aryl methyl sites for hydroxylation is 1. The third-order valence-electron chi connectivity index (χ3n) is 2.46. The zero-order chi connectivity index (χ0) is 13.9. The fraction of sp³-hybridized carbons (Fsp3) is 0.333. The summed E-state index contributed by atoms with van der Waals surface area (Å²) >= 11 is 0. The summed E-state index contributed by atoms with van der Waals surface area (Å²) in [5, 5.41) is 8.72. The molecule has 1 rings (SSSR count). The van der Waals surface area contributed by atoms with E-state index in [1.807, 2.05) is 0 Å². The number of carbonyl (C=O) groups is 1. The van der Waals surface area contributed by atoms with Crippen LogP contribution in [0.2, 0.25) is 0 Å². The number of nitrogens with zero attached hydrogens (tertiary/aromatic N) is 1. The Bertz CT molecular complexity index is 515. The second-order valence-electron chi connectivity index (χ2n) is 3.51. The highest BCUT2D eigenvalue weighted by Gasteiger charge is 2.35. The molecule has 0 unspecified atom stereocenters. The van der Waals surface area contributed by atoms with E-state index < -0.39 is 23.3 Å². The molecule has 0 aliphatic carbocycles. The molecule has 18 heavy (non-hydrogen) atoms. The Morgan fingerprint density at radius 2 is 2.06 bits per heavy atom. The molecule has 0 amide bonds. The van der Waals surface area contributed by atoms with Gasteiger partial charge in [0.1, 0.15) is 0 Å². The molecule has 0 saturated carbocycles. The number of hydrogen-bond donors (Lipinski definition) is 0. The molecule has 1 aromatic carbocycles. The first kappa shape index (κ1) is 14.0. The van der Waals surface area contributed by atoms with Crippen LogP contribution < -0.4 is 0 Å². The summed E-state index contributed by atoms with van der Waals surface area (Å²) < 4.78 is 42.6. The molecule has 0 N–H and O–H groups in total. The average Bonchev–Trinajstić information content (AvgIpc) is 2.34. The zero-order valence-corrected chi connectivity index (χ0v) is 9.76. The van der Waals surface area contributed by atoms with Crippen LogP contribution in [0.5, 0.6) is 0 Å². The minimum Gasteiger partial charge on any atom is -0.465 e. The summed E-state index contributed by atoms with van der Waals surface area (Å²) in [5.74, 6) is -0.753. The van der Waals surface area contributed by atoms with Gasteiger partial charge < -0.3 is 4.74 Å². The highest BCUT2D eigenvalue weighted by Crippen LogP contribution is 2.33. The van der Waals surface area contributed by atoms with E-state index in [9.17, 15) is 18.0 Å². The molecular formula is C12H10F3NO2. The lowest BCUT2D eigenvalue weighted by atomic mass is 9.97. The molecule has 96 valence electrons. The molecule has 1 aromatic rings. The Balaban J connectivity index is 3.53. The minimum absolute atomic E-state index is 0.00968. The quantitative estimate of drug-likeness (QED) is 0.765. The number of alkyl halides is 3. The summed E-state index contributed by atoms with van der Waals surface area (Å²) in [5.41, 5.74) is -1.42. The van der Waals surface area contributed by atoms with Crippen LogP contribution in [0.1, 0.15) is 34.0 Å². The Labute approximate surface area is 102 Å². The van der Waals surface area contributed by atoms with E-state index in [2.05, 4.69) is 4.74 Å². The maximum atomic E-state index is 12.7. The summed E-state index contributed by atoms with van der Waals surface area (Å²) in [6, 6.07) is 3.19. The van der Waals surface area contributed by atoms with E-state index >= 15 is 0 Å². The van der Waals surface area contributed by atoms with Gasteiger partial charge in [-0.3, -0.25) is 0 Å². The van der Waals surface area contributed by atoms with Gasteiger partial charge in [-0.05, 0) is 24.1 Å². The Hall–Kier alpha value is -2.03. The summed E-state index contributed by atoms with van der Waals surface area (Å²) in [4.78, 5) is 11.4.